The van der Waals surface area contributed by atoms with E-state index < -0.39 is 0 Å². The van der Waals surface area contributed by atoms with Crippen molar-refractivity contribution in [1.82, 2.24) is 15.1 Å². The zero-order chi connectivity index (χ0) is 14.8. The van der Waals surface area contributed by atoms with Crippen molar-refractivity contribution in [3.63, 3.8) is 0 Å². The third-order valence-corrected chi connectivity index (χ3v) is 5.03. The Morgan fingerprint density at radius 1 is 1.17 bits per heavy atom. The molecule has 3 heterocycles. The number of amides is 1. The van der Waals surface area contributed by atoms with Crippen LogP contribution in [-0.4, -0.2) is 73.2 Å². The zero-order valence-corrected chi connectivity index (χ0v) is 15.8. The Bertz CT molecular complexity index is 370. The Morgan fingerprint density at radius 2 is 1.87 bits per heavy atom. The number of likely N-dealkylation sites (tertiary alicyclic amines) is 1. The summed E-state index contributed by atoms with van der Waals surface area (Å²) in [4.78, 5) is 17.3. The topological polar surface area (TPSA) is 44.8 Å². The van der Waals surface area contributed by atoms with Crippen LogP contribution in [0.15, 0.2) is 0 Å². The molecule has 23 heavy (non-hydrogen) atoms. The summed E-state index contributed by atoms with van der Waals surface area (Å²) in [7, 11) is 0. The second-order valence-electron chi connectivity index (χ2n) is 6.99. The number of carbonyl (C=O) groups excluding carboxylic acids is 1. The van der Waals surface area contributed by atoms with Gasteiger partial charge in [0, 0.05) is 38.8 Å². The number of nitrogens with zero attached hydrogens (tertiary/aromatic N) is 2. The molecule has 5 nitrogen and oxygen atoms in total. The lowest BCUT2D eigenvalue weighted by Crippen LogP contribution is -2.51. The van der Waals surface area contributed by atoms with Crippen LogP contribution in [0, 0.1) is 5.92 Å². The molecule has 3 aliphatic heterocycles. The monoisotopic (exact) mass is 367 g/mol. The van der Waals surface area contributed by atoms with Crippen LogP contribution < -0.4 is 5.32 Å². The number of hydrogen-bond donors (Lipinski definition) is 1. The summed E-state index contributed by atoms with van der Waals surface area (Å²) in [6, 6.07) is 0.413. The number of halogens is 2. The Balaban J connectivity index is 0.00000132. The minimum Gasteiger partial charge on any atom is -0.373 e. The molecule has 0 radical (unpaired) electrons. The van der Waals surface area contributed by atoms with Gasteiger partial charge in [-0.3, -0.25) is 9.69 Å². The Labute approximate surface area is 152 Å². The van der Waals surface area contributed by atoms with Crippen LogP contribution in [0.5, 0.6) is 0 Å². The minimum atomic E-state index is 0. The van der Waals surface area contributed by atoms with Crippen molar-refractivity contribution >= 4 is 30.7 Å². The van der Waals surface area contributed by atoms with Crippen molar-refractivity contribution in [3.8, 4) is 0 Å². The number of hydrogen-bond acceptors (Lipinski definition) is 4. The van der Waals surface area contributed by atoms with Gasteiger partial charge in [-0.1, -0.05) is 0 Å². The van der Waals surface area contributed by atoms with Gasteiger partial charge in [-0.2, -0.15) is 0 Å². The average Bonchev–Trinajstić information content (AvgIpc) is 3.07. The van der Waals surface area contributed by atoms with Crippen LogP contribution >= 0.6 is 24.8 Å². The van der Waals surface area contributed by atoms with Crippen LogP contribution in [0.1, 0.15) is 33.1 Å². The molecule has 4 unspecified atom stereocenters. The molecule has 0 aromatic heterocycles. The van der Waals surface area contributed by atoms with Crippen LogP contribution in [0.3, 0.4) is 0 Å². The third-order valence-electron chi connectivity index (χ3n) is 5.03. The van der Waals surface area contributed by atoms with Crippen molar-refractivity contribution in [2.24, 2.45) is 5.92 Å². The van der Waals surface area contributed by atoms with Gasteiger partial charge in [0.15, 0.2) is 0 Å². The highest BCUT2D eigenvalue weighted by molar-refractivity contribution is 5.85. The van der Waals surface area contributed by atoms with Crippen LogP contribution in [-0.2, 0) is 9.53 Å². The van der Waals surface area contributed by atoms with Gasteiger partial charge >= 0.3 is 0 Å². The molecule has 7 heteroatoms. The summed E-state index contributed by atoms with van der Waals surface area (Å²) < 4.78 is 5.81. The van der Waals surface area contributed by atoms with Crippen molar-refractivity contribution in [1.29, 1.82) is 0 Å². The molecule has 136 valence electrons. The Hall–Kier alpha value is -0.0700. The molecule has 3 saturated heterocycles. The molecule has 0 aromatic carbocycles. The molecular weight excluding hydrogens is 337 g/mol. The fraction of sp³-hybridized carbons (Fsp3) is 0.938. The number of morpholine rings is 1. The summed E-state index contributed by atoms with van der Waals surface area (Å²) in [5.74, 6) is 0.602. The summed E-state index contributed by atoms with van der Waals surface area (Å²) in [5, 5.41) is 3.31. The van der Waals surface area contributed by atoms with Gasteiger partial charge in [0.2, 0.25) is 5.91 Å². The van der Waals surface area contributed by atoms with Crippen molar-refractivity contribution in [3.05, 3.63) is 0 Å². The first-order valence-electron chi connectivity index (χ1n) is 8.52. The normalized spacial score (nSPS) is 34.8. The predicted molar refractivity (Wildman–Crippen MR) is 96.7 cm³/mol. The van der Waals surface area contributed by atoms with Crippen LogP contribution in [0.4, 0.5) is 0 Å². The Kier molecular flexibility index (Phi) is 8.59. The zero-order valence-electron chi connectivity index (χ0n) is 14.2. The van der Waals surface area contributed by atoms with Gasteiger partial charge in [0.05, 0.1) is 18.1 Å². The lowest BCUT2D eigenvalue weighted by Gasteiger charge is -2.38. The first kappa shape index (κ1) is 21.0. The molecule has 0 aromatic rings. The van der Waals surface area contributed by atoms with Crippen molar-refractivity contribution in [2.75, 3.05) is 39.3 Å². The fourth-order valence-corrected chi connectivity index (χ4v) is 4.15. The molecular formula is C16H31Cl2N3O2. The Morgan fingerprint density at radius 3 is 2.48 bits per heavy atom. The smallest absolute Gasteiger partial charge is 0.227 e. The highest BCUT2D eigenvalue weighted by Crippen LogP contribution is 2.24. The second kappa shape index (κ2) is 9.42. The molecule has 0 aliphatic carbocycles. The lowest BCUT2D eigenvalue weighted by atomic mass is 10.1. The van der Waals surface area contributed by atoms with Gasteiger partial charge in [0.1, 0.15) is 0 Å². The van der Waals surface area contributed by atoms with Gasteiger partial charge in [-0.15, -0.1) is 24.8 Å². The quantitative estimate of drug-likeness (QED) is 0.821. The summed E-state index contributed by atoms with van der Waals surface area (Å²) in [5.41, 5.74) is 0. The van der Waals surface area contributed by atoms with E-state index in [0.717, 1.165) is 58.5 Å². The van der Waals surface area contributed by atoms with E-state index in [2.05, 4.69) is 29.0 Å². The van der Waals surface area contributed by atoms with E-state index in [4.69, 9.17) is 4.74 Å². The number of ether oxygens (including phenoxy) is 1. The molecule has 0 saturated carbocycles. The van der Waals surface area contributed by atoms with Crippen LogP contribution in [0.2, 0.25) is 0 Å². The molecule has 3 rings (SSSR count). The number of nitrogens with one attached hydrogen (secondary N) is 1. The number of carbonyl (C=O) groups is 1. The highest BCUT2D eigenvalue weighted by Gasteiger charge is 2.36. The largest absolute Gasteiger partial charge is 0.373 e. The molecule has 0 spiro atoms. The molecule has 3 fully saturated rings. The van der Waals surface area contributed by atoms with E-state index in [9.17, 15) is 4.79 Å². The lowest BCUT2D eigenvalue weighted by molar-refractivity contribution is -0.136. The molecule has 4 atom stereocenters. The first-order valence-corrected chi connectivity index (χ1v) is 8.52. The maximum absolute atomic E-state index is 12.7. The van der Waals surface area contributed by atoms with Gasteiger partial charge in [-0.25, -0.2) is 0 Å². The molecule has 1 amide bonds. The number of rotatable bonds is 3. The van der Waals surface area contributed by atoms with Gasteiger partial charge < -0.3 is 15.0 Å². The summed E-state index contributed by atoms with van der Waals surface area (Å²) in [6.45, 7) is 10.1. The van der Waals surface area contributed by atoms with Crippen molar-refractivity contribution in [2.45, 2.75) is 51.4 Å². The molecule has 1 N–H and O–H groups in total. The van der Waals surface area contributed by atoms with E-state index in [1.54, 1.807) is 0 Å². The maximum atomic E-state index is 12.7. The second-order valence-corrected chi connectivity index (χ2v) is 6.99. The van der Waals surface area contributed by atoms with E-state index in [-0.39, 0.29) is 30.7 Å². The standard InChI is InChI=1S/C16H29N3O2.2ClH/c1-12-9-18(10-13(2)21-12)11-15-4-3-7-19(15)16(20)14-5-6-17-8-14;;/h12-15,17H,3-11H2,1-2H3;2*1H. The SMILES string of the molecule is CC1CN(CC2CCCN2C(=O)C2CCNC2)CC(C)O1.Cl.Cl. The molecule has 0 bridgehead atoms. The fourth-order valence-electron chi connectivity index (χ4n) is 4.15. The summed E-state index contributed by atoms with van der Waals surface area (Å²) >= 11 is 0. The van der Waals surface area contributed by atoms with E-state index in [1.165, 1.54) is 0 Å². The van der Waals surface area contributed by atoms with Crippen molar-refractivity contribution < 1.29 is 9.53 Å². The van der Waals surface area contributed by atoms with Crippen LogP contribution in [0.25, 0.3) is 0 Å². The minimum absolute atomic E-state index is 0. The highest BCUT2D eigenvalue weighted by atomic mass is 35.5. The van der Waals surface area contributed by atoms with E-state index in [1.807, 2.05) is 0 Å². The van der Waals surface area contributed by atoms with E-state index >= 15 is 0 Å². The first-order chi connectivity index (χ1) is 10.1. The average molecular weight is 368 g/mol. The van der Waals surface area contributed by atoms with Gasteiger partial charge in [0.25, 0.3) is 0 Å². The predicted octanol–water partition coefficient (Wildman–Crippen LogP) is 1.54. The summed E-state index contributed by atoms with van der Waals surface area (Å²) in [6.07, 6.45) is 3.93. The molecule has 3 aliphatic rings. The maximum Gasteiger partial charge on any atom is 0.227 e. The van der Waals surface area contributed by atoms with E-state index in [0.29, 0.717) is 24.2 Å². The van der Waals surface area contributed by atoms with Gasteiger partial charge in [-0.05, 0) is 39.7 Å². The third kappa shape index (κ3) is 5.20.